The van der Waals surface area contributed by atoms with E-state index in [0.29, 0.717) is 12.5 Å². The Balaban J connectivity index is 1.69. The monoisotopic (exact) mass is 245 g/mol. The molecule has 0 bridgehead atoms. The SMILES string of the molecule is CCCCOCCOCCNCC1CCOC1. The van der Waals surface area contributed by atoms with E-state index in [1.165, 1.54) is 12.8 Å². The van der Waals surface area contributed by atoms with Crippen molar-refractivity contribution in [2.45, 2.75) is 26.2 Å². The van der Waals surface area contributed by atoms with E-state index in [9.17, 15) is 0 Å². The smallest absolute Gasteiger partial charge is 0.0701 e. The Morgan fingerprint density at radius 2 is 2.00 bits per heavy atom. The van der Waals surface area contributed by atoms with Gasteiger partial charge in [-0.2, -0.15) is 0 Å². The molecule has 1 rings (SSSR count). The van der Waals surface area contributed by atoms with Crippen LogP contribution in [0.3, 0.4) is 0 Å². The van der Waals surface area contributed by atoms with E-state index >= 15 is 0 Å². The van der Waals surface area contributed by atoms with E-state index in [4.69, 9.17) is 14.2 Å². The van der Waals surface area contributed by atoms with Crippen LogP contribution in [0.5, 0.6) is 0 Å². The summed E-state index contributed by atoms with van der Waals surface area (Å²) in [6.45, 7) is 9.04. The largest absolute Gasteiger partial charge is 0.381 e. The molecule has 102 valence electrons. The van der Waals surface area contributed by atoms with Crippen LogP contribution >= 0.6 is 0 Å². The minimum Gasteiger partial charge on any atom is -0.381 e. The Labute approximate surface area is 105 Å². The maximum atomic E-state index is 5.46. The van der Waals surface area contributed by atoms with Crippen LogP contribution in [0.2, 0.25) is 0 Å². The lowest BCUT2D eigenvalue weighted by molar-refractivity contribution is 0.0476. The quantitative estimate of drug-likeness (QED) is 0.559. The van der Waals surface area contributed by atoms with Crippen LogP contribution in [-0.4, -0.2) is 52.7 Å². The molecule has 0 radical (unpaired) electrons. The van der Waals surface area contributed by atoms with Gasteiger partial charge in [0.25, 0.3) is 0 Å². The topological polar surface area (TPSA) is 39.7 Å². The lowest BCUT2D eigenvalue weighted by Crippen LogP contribution is -2.26. The third kappa shape index (κ3) is 8.55. The summed E-state index contributed by atoms with van der Waals surface area (Å²) >= 11 is 0. The van der Waals surface area contributed by atoms with Crippen molar-refractivity contribution in [2.75, 3.05) is 52.7 Å². The molecule has 1 fully saturated rings. The van der Waals surface area contributed by atoms with Gasteiger partial charge in [0.05, 0.1) is 26.4 Å². The van der Waals surface area contributed by atoms with E-state index in [1.54, 1.807) is 0 Å². The van der Waals surface area contributed by atoms with Gasteiger partial charge in [-0.15, -0.1) is 0 Å². The molecular formula is C13H27NO3. The van der Waals surface area contributed by atoms with E-state index in [0.717, 1.165) is 52.5 Å². The fourth-order valence-corrected chi connectivity index (χ4v) is 1.76. The van der Waals surface area contributed by atoms with E-state index in [-0.39, 0.29) is 0 Å². The molecule has 1 N–H and O–H groups in total. The minimum atomic E-state index is 0.701. The van der Waals surface area contributed by atoms with Gasteiger partial charge in [-0.05, 0) is 18.8 Å². The lowest BCUT2D eigenvalue weighted by Gasteiger charge is -2.09. The Kier molecular flexibility index (Phi) is 9.61. The summed E-state index contributed by atoms with van der Waals surface area (Å²) in [5.41, 5.74) is 0. The van der Waals surface area contributed by atoms with Gasteiger partial charge in [0.2, 0.25) is 0 Å². The Bertz CT molecular complexity index is 161. The average molecular weight is 245 g/mol. The van der Waals surface area contributed by atoms with Gasteiger partial charge < -0.3 is 19.5 Å². The molecule has 17 heavy (non-hydrogen) atoms. The molecule has 0 aliphatic carbocycles. The van der Waals surface area contributed by atoms with E-state index < -0.39 is 0 Å². The molecule has 4 nitrogen and oxygen atoms in total. The van der Waals surface area contributed by atoms with Gasteiger partial charge in [0, 0.05) is 26.3 Å². The van der Waals surface area contributed by atoms with Gasteiger partial charge in [-0.1, -0.05) is 13.3 Å². The molecule has 0 aromatic rings. The fourth-order valence-electron chi connectivity index (χ4n) is 1.76. The molecule has 1 atom stereocenters. The van der Waals surface area contributed by atoms with Crippen LogP contribution in [0.25, 0.3) is 0 Å². The first kappa shape index (κ1) is 14.9. The molecule has 0 aromatic heterocycles. The summed E-state index contributed by atoms with van der Waals surface area (Å²) in [6.07, 6.45) is 3.53. The van der Waals surface area contributed by atoms with Crippen molar-refractivity contribution in [3.63, 3.8) is 0 Å². The predicted octanol–water partition coefficient (Wildman–Crippen LogP) is 1.45. The van der Waals surface area contributed by atoms with E-state index in [1.807, 2.05) is 0 Å². The first-order valence-corrected chi connectivity index (χ1v) is 6.87. The summed E-state index contributed by atoms with van der Waals surface area (Å²) < 4.78 is 16.2. The molecular weight excluding hydrogens is 218 g/mol. The molecule has 1 unspecified atom stereocenters. The summed E-state index contributed by atoms with van der Waals surface area (Å²) in [5, 5.41) is 3.39. The van der Waals surface area contributed by atoms with Crippen LogP contribution in [0.4, 0.5) is 0 Å². The summed E-state index contributed by atoms with van der Waals surface area (Å²) in [6, 6.07) is 0. The minimum absolute atomic E-state index is 0.701. The third-order valence-electron chi connectivity index (χ3n) is 2.89. The fraction of sp³-hybridized carbons (Fsp3) is 1.00. The molecule has 0 spiro atoms. The van der Waals surface area contributed by atoms with Crippen molar-refractivity contribution in [3.8, 4) is 0 Å². The Hall–Kier alpha value is -0.160. The molecule has 4 heteroatoms. The van der Waals surface area contributed by atoms with Gasteiger partial charge in [0.1, 0.15) is 0 Å². The highest BCUT2D eigenvalue weighted by Crippen LogP contribution is 2.10. The van der Waals surface area contributed by atoms with Crippen LogP contribution in [0, 0.1) is 5.92 Å². The second-order valence-electron chi connectivity index (χ2n) is 4.51. The summed E-state index contributed by atoms with van der Waals surface area (Å²) in [4.78, 5) is 0. The van der Waals surface area contributed by atoms with Gasteiger partial charge >= 0.3 is 0 Å². The molecule has 1 saturated heterocycles. The number of hydrogen-bond acceptors (Lipinski definition) is 4. The highest BCUT2D eigenvalue weighted by molar-refractivity contribution is 4.66. The third-order valence-corrected chi connectivity index (χ3v) is 2.89. The first-order chi connectivity index (χ1) is 8.43. The molecule has 0 amide bonds. The number of ether oxygens (including phenoxy) is 3. The maximum Gasteiger partial charge on any atom is 0.0701 e. The Morgan fingerprint density at radius 1 is 1.18 bits per heavy atom. The molecule has 1 aliphatic rings. The van der Waals surface area contributed by atoms with Gasteiger partial charge in [-0.25, -0.2) is 0 Å². The number of unbranched alkanes of at least 4 members (excludes halogenated alkanes) is 1. The normalized spacial score (nSPS) is 19.9. The predicted molar refractivity (Wildman–Crippen MR) is 68.3 cm³/mol. The van der Waals surface area contributed by atoms with Crippen molar-refractivity contribution in [1.29, 1.82) is 0 Å². The molecule has 0 saturated carbocycles. The van der Waals surface area contributed by atoms with Gasteiger partial charge in [0.15, 0.2) is 0 Å². The first-order valence-electron chi connectivity index (χ1n) is 6.87. The van der Waals surface area contributed by atoms with Crippen molar-refractivity contribution < 1.29 is 14.2 Å². The van der Waals surface area contributed by atoms with Crippen molar-refractivity contribution >= 4 is 0 Å². The highest BCUT2D eigenvalue weighted by Gasteiger charge is 2.14. The van der Waals surface area contributed by atoms with E-state index in [2.05, 4.69) is 12.2 Å². The number of rotatable bonds is 11. The van der Waals surface area contributed by atoms with Crippen LogP contribution < -0.4 is 5.32 Å². The second kappa shape index (κ2) is 11.0. The Morgan fingerprint density at radius 3 is 2.71 bits per heavy atom. The maximum absolute atomic E-state index is 5.46. The van der Waals surface area contributed by atoms with Crippen LogP contribution in [0.1, 0.15) is 26.2 Å². The van der Waals surface area contributed by atoms with Crippen molar-refractivity contribution in [3.05, 3.63) is 0 Å². The summed E-state index contributed by atoms with van der Waals surface area (Å²) in [7, 11) is 0. The zero-order valence-electron chi connectivity index (χ0n) is 11.1. The van der Waals surface area contributed by atoms with Crippen molar-refractivity contribution in [2.24, 2.45) is 5.92 Å². The zero-order chi connectivity index (χ0) is 12.2. The lowest BCUT2D eigenvalue weighted by atomic mass is 10.1. The molecule has 0 aromatic carbocycles. The van der Waals surface area contributed by atoms with Crippen LogP contribution in [0.15, 0.2) is 0 Å². The highest BCUT2D eigenvalue weighted by atomic mass is 16.5. The van der Waals surface area contributed by atoms with Crippen LogP contribution in [-0.2, 0) is 14.2 Å². The number of nitrogens with one attached hydrogen (secondary N) is 1. The summed E-state index contributed by atoms with van der Waals surface area (Å²) in [5.74, 6) is 0.701. The number of hydrogen-bond donors (Lipinski definition) is 1. The average Bonchev–Trinajstić information content (AvgIpc) is 2.85. The molecule has 1 aliphatic heterocycles. The second-order valence-corrected chi connectivity index (χ2v) is 4.51. The van der Waals surface area contributed by atoms with Gasteiger partial charge in [-0.3, -0.25) is 0 Å². The van der Waals surface area contributed by atoms with Crippen molar-refractivity contribution in [1.82, 2.24) is 5.32 Å². The molecule has 1 heterocycles. The zero-order valence-corrected chi connectivity index (χ0v) is 11.1. The standard InChI is InChI=1S/C13H27NO3/c1-2-3-6-15-9-10-16-8-5-14-11-13-4-7-17-12-13/h13-14H,2-12H2,1H3.